The number of methoxy groups -OCH3 is 1. The Morgan fingerprint density at radius 2 is 2.24 bits per heavy atom. The quantitative estimate of drug-likeness (QED) is 0.789. The lowest BCUT2D eigenvalue weighted by atomic mass is 10.2. The summed E-state index contributed by atoms with van der Waals surface area (Å²) in [5, 5.41) is 4.27. The lowest BCUT2D eigenvalue weighted by molar-refractivity contribution is 0.0994. The summed E-state index contributed by atoms with van der Waals surface area (Å²) >= 11 is 0. The Morgan fingerprint density at radius 1 is 1.35 bits per heavy atom. The molecule has 0 atom stereocenters. The Bertz CT molecular complexity index is 587. The number of rotatable bonds is 2. The molecule has 0 saturated carbocycles. The van der Waals surface area contributed by atoms with Crippen LogP contribution in [-0.2, 0) is 6.42 Å². The minimum atomic E-state index is 0.189. The number of benzene rings is 1. The van der Waals surface area contributed by atoms with Crippen LogP contribution >= 0.6 is 0 Å². The van der Waals surface area contributed by atoms with E-state index in [-0.39, 0.29) is 5.78 Å². The molecule has 0 spiro atoms. The third-order valence-corrected chi connectivity index (χ3v) is 3.06. The number of Topliss-reactive ketones (excluding diaryl/α,β-unsaturated/α-hetero) is 1. The van der Waals surface area contributed by atoms with Gasteiger partial charge >= 0.3 is 0 Å². The predicted octanol–water partition coefficient (Wildman–Crippen LogP) is 2.01. The zero-order valence-corrected chi connectivity index (χ0v) is 9.51. The molecule has 0 saturated heterocycles. The molecule has 17 heavy (non-hydrogen) atoms. The Kier molecular flexibility index (Phi) is 2.21. The van der Waals surface area contributed by atoms with Gasteiger partial charge in [-0.3, -0.25) is 4.79 Å². The Hall–Kier alpha value is -2.10. The van der Waals surface area contributed by atoms with Gasteiger partial charge in [-0.15, -0.1) is 0 Å². The van der Waals surface area contributed by atoms with Gasteiger partial charge in [0.2, 0.25) is 0 Å². The first kappa shape index (κ1) is 10.1. The lowest BCUT2D eigenvalue weighted by Gasteiger charge is -2.06. The highest BCUT2D eigenvalue weighted by atomic mass is 16.5. The van der Waals surface area contributed by atoms with E-state index >= 15 is 0 Å². The zero-order chi connectivity index (χ0) is 11.8. The fourth-order valence-corrected chi connectivity index (χ4v) is 2.18. The molecule has 4 heteroatoms. The average Bonchev–Trinajstić information content (AvgIpc) is 2.93. The van der Waals surface area contributed by atoms with Crippen molar-refractivity contribution >= 4 is 5.78 Å². The summed E-state index contributed by atoms with van der Waals surface area (Å²) in [6.45, 7) is 0. The summed E-state index contributed by atoms with van der Waals surface area (Å²) in [5.74, 6) is 0.977. The van der Waals surface area contributed by atoms with Crippen LogP contribution in [0.3, 0.4) is 0 Å². The van der Waals surface area contributed by atoms with Gasteiger partial charge in [-0.25, -0.2) is 4.68 Å². The van der Waals surface area contributed by atoms with Crippen LogP contribution < -0.4 is 4.74 Å². The molecule has 0 unspecified atom stereocenters. The van der Waals surface area contributed by atoms with E-state index in [9.17, 15) is 4.79 Å². The number of ether oxygens (including phenoxy) is 1. The van der Waals surface area contributed by atoms with Gasteiger partial charge in [-0.05, 0) is 18.6 Å². The Morgan fingerprint density at radius 3 is 3.06 bits per heavy atom. The molecule has 0 bridgehead atoms. The van der Waals surface area contributed by atoms with Gasteiger partial charge in [0.15, 0.2) is 5.78 Å². The minimum Gasteiger partial charge on any atom is -0.497 e. The summed E-state index contributed by atoms with van der Waals surface area (Å²) in [6.07, 6.45) is 3.02. The monoisotopic (exact) mass is 228 g/mol. The minimum absolute atomic E-state index is 0.189. The molecule has 1 aromatic carbocycles. The molecule has 3 rings (SSSR count). The van der Waals surface area contributed by atoms with Gasteiger partial charge in [0.1, 0.15) is 5.75 Å². The Labute approximate surface area is 98.8 Å². The second-order valence-corrected chi connectivity index (χ2v) is 4.04. The molecule has 1 aromatic heterocycles. The molecule has 0 N–H and O–H groups in total. The average molecular weight is 228 g/mol. The second-order valence-electron chi connectivity index (χ2n) is 4.04. The highest BCUT2D eigenvalue weighted by molar-refractivity contribution is 5.99. The smallest absolute Gasteiger partial charge is 0.166 e. The second kappa shape index (κ2) is 3.73. The number of fused-ring (bicyclic) bond motifs is 1. The topological polar surface area (TPSA) is 44.1 Å². The van der Waals surface area contributed by atoms with Crippen LogP contribution in [0.1, 0.15) is 22.5 Å². The van der Waals surface area contributed by atoms with Crippen molar-refractivity contribution in [3.8, 4) is 11.4 Å². The zero-order valence-electron chi connectivity index (χ0n) is 9.51. The highest BCUT2D eigenvalue weighted by Crippen LogP contribution is 2.25. The SMILES string of the molecule is COc1cccc(-n2ncc3c2CCC3=O)c1. The van der Waals surface area contributed by atoms with Gasteiger partial charge in [-0.1, -0.05) is 6.07 Å². The predicted molar refractivity (Wildman–Crippen MR) is 62.8 cm³/mol. The molecule has 2 aromatic rings. The number of ketones is 1. The molecule has 0 aliphatic heterocycles. The Balaban J connectivity index is 2.10. The van der Waals surface area contributed by atoms with Crippen molar-refractivity contribution in [1.29, 1.82) is 0 Å². The summed E-state index contributed by atoms with van der Waals surface area (Å²) < 4.78 is 7.01. The number of carbonyl (C=O) groups excluding carboxylic acids is 1. The van der Waals surface area contributed by atoms with E-state index in [2.05, 4.69) is 5.10 Å². The molecule has 1 aliphatic rings. The summed E-state index contributed by atoms with van der Waals surface area (Å²) in [6, 6.07) is 7.67. The maximum absolute atomic E-state index is 11.6. The molecule has 0 fully saturated rings. The van der Waals surface area contributed by atoms with Crippen LogP contribution in [0.4, 0.5) is 0 Å². The molecule has 0 radical (unpaired) electrons. The van der Waals surface area contributed by atoms with Gasteiger partial charge in [-0.2, -0.15) is 5.10 Å². The van der Waals surface area contributed by atoms with Crippen molar-refractivity contribution in [3.05, 3.63) is 41.7 Å². The van der Waals surface area contributed by atoms with Gasteiger partial charge in [0.25, 0.3) is 0 Å². The normalized spacial score (nSPS) is 13.8. The van der Waals surface area contributed by atoms with Crippen molar-refractivity contribution in [1.82, 2.24) is 9.78 Å². The molecular formula is C13H12N2O2. The lowest BCUT2D eigenvalue weighted by Crippen LogP contribution is -2.01. The van der Waals surface area contributed by atoms with E-state index in [0.717, 1.165) is 29.1 Å². The largest absolute Gasteiger partial charge is 0.497 e. The van der Waals surface area contributed by atoms with Crippen LogP contribution in [0.15, 0.2) is 30.5 Å². The van der Waals surface area contributed by atoms with E-state index in [1.807, 2.05) is 28.9 Å². The van der Waals surface area contributed by atoms with Crippen molar-refractivity contribution in [2.75, 3.05) is 7.11 Å². The van der Waals surface area contributed by atoms with E-state index in [1.54, 1.807) is 13.3 Å². The van der Waals surface area contributed by atoms with E-state index in [0.29, 0.717) is 6.42 Å². The number of aromatic nitrogens is 2. The fraction of sp³-hybridized carbons (Fsp3) is 0.231. The van der Waals surface area contributed by atoms with E-state index in [1.165, 1.54) is 0 Å². The van der Waals surface area contributed by atoms with Crippen molar-refractivity contribution in [3.63, 3.8) is 0 Å². The number of nitrogens with zero attached hydrogens (tertiary/aromatic N) is 2. The maximum Gasteiger partial charge on any atom is 0.166 e. The van der Waals surface area contributed by atoms with Crippen LogP contribution in [0.2, 0.25) is 0 Å². The third-order valence-electron chi connectivity index (χ3n) is 3.06. The third kappa shape index (κ3) is 1.53. The van der Waals surface area contributed by atoms with Crippen LogP contribution in [-0.4, -0.2) is 22.7 Å². The fourth-order valence-electron chi connectivity index (χ4n) is 2.18. The van der Waals surface area contributed by atoms with Gasteiger partial charge < -0.3 is 4.74 Å². The van der Waals surface area contributed by atoms with Crippen molar-refractivity contribution < 1.29 is 9.53 Å². The summed E-state index contributed by atoms with van der Waals surface area (Å²) in [4.78, 5) is 11.6. The number of carbonyl (C=O) groups is 1. The van der Waals surface area contributed by atoms with Crippen molar-refractivity contribution in [2.24, 2.45) is 0 Å². The first-order valence-electron chi connectivity index (χ1n) is 5.54. The summed E-state index contributed by atoms with van der Waals surface area (Å²) in [7, 11) is 1.64. The van der Waals surface area contributed by atoms with Crippen molar-refractivity contribution in [2.45, 2.75) is 12.8 Å². The van der Waals surface area contributed by atoms with E-state index in [4.69, 9.17) is 4.74 Å². The number of hydrogen-bond donors (Lipinski definition) is 0. The van der Waals surface area contributed by atoms with Crippen LogP contribution in [0, 0.1) is 0 Å². The van der Waals surface area contributed by atoms with Crippen LogP contribution in [0.25, 0.3) is 5.69 Å². The van der Waals surface area contributed by atoms with Crippen LogP contribution in [0.5, 0.6) is 5.75 Å². The molecule has 1 aliphatic carbocycles. The molecule has 0 amide bonds. The maximum atomic E-state index is 11.6. The molecule has 4 nitrogen and oxygen atoms in total. The van der Waals surface area contributed by atoms with Gasteiger partial charge in [0.05, 0.1) is 30.3 Å². The summed E-state index contributed by atoms with van der Waals surface area (Å²) in [5.41, 5.74) is 2.69. The van der Waals surface area contributed by atoms with E-state index < -0.39 is 0 Å². The molecular weight excluding hydrogens is 216 g/mol. The first-order chi connectivity index (χ1) is 8.29. The first-order valence-corrected chi connectivity index (χ1v) is 5.54. The number of hydrogen-bond acceptors (Lipinski definition) is 3. The highest BCUT2D eigenvalue weighted by Gasteiger charge is 2.24. The standard InChI is InChI=1S/C13H12N2O2/c1-17-10-4-2-3-9(7-10)15-12-5-6-13(16)11(12)8-14-15/h2-4,7-8H,5-6H2,1H3. The molecule has 86 valence electrons. The van der Waals surface area contributed by atoms with Gasteiger partial charge in [0, 0.05) is 12.5 Å². The molecule has 1 heterocycles.